The van der Waals surface area contributed by atoms with Crippen molar-refractivity contribution in [2.24, 2.45) is 0 Å². The highest BCUT2D eigenvalue weighted by Crippen LogP contribution is 2.03. The van der Waals surface area contributed by atoms with E-state index < -0.39 is 0 Å². The second kappa shape index (κ2) is 2.51. The average molecular weight is 168 g/mol. The smallest absolute Gasteiger partial charge is 0.153 e. The van der Waals surface area contributed by atoms with Gasteiger partial charge in [0.15, 0.2) is 5.65 Å². The van der Waals surface area contributed by atoms with Crippen molar-refractivity contribution in [2.75, 3.05) is 0 Å². The molecular weight excluding hydrogens is 162 g/mol. The Kier molecular flexibility index (Phi) is 1.51. The number of hydrogen-bond donors (Lipinski definition) is 0. The summed E-state index contributed by atoms with van der Waals surface area (Å²) in [7, 11) is 0. The first-order valence-corrected chi connectivity index (χ1v) is 3.79. The number of alkyl halides is 1. The van der Waals surface area contributed by atoms with E-state index in [0.717, 1.165) is 11.3 Å². The van der Waals surface area contributed by atoms with Crippen LogP contribution in [-0.4, -0.2) is 14.6 Å². The highest BCUT2D eigenvalue weighted by Gasteiger charge is 1.97. The Morgan fingerprint density at radius 3 is 3.18 bits per heavy atom. The van der Waals surface area contributed by atoms with Crippen LogP contribution in [0.3, 0.4) is 0 Å². The van der Waals surface area contributed by atoms with Crippen molar-refractivity contribution in [1.29, 1.82) is 0 Å². The number of hydrogen-bond acceptors (Lipinski definition) is 2. The molecule has 0 aliphatic rings. The molecule has 4 heteroatoms. The summed E-state index contributed by atoms with van der Waals surface area (Å²) in [5.74, 6) is 0.434. The highest BCUT2D eigenvalue weighted by molar-refractivity contribution is 6.16. The van der Waals surface area contributed by atoms with Crippen LogP contribution in [0.25, 0.3) is 5.65 Å². The number of nitrogens with zero attached hydrogens (tertiary/aromatic N) is 3. The molecule has 0 aliphatic carbocycles. The van der Waals surface area contributed by atoms with Crippen LogP contribution in [0.15, 0.2) is 24.5 Å². The number of halogens is 1. The van der Waals surface area contributed by atoms with Crippen LogP contribution in [0.5, 0.6) is 0 Å². The first kappa shape index (κ1) is 6.61. The molecule has 0 bridgehead atoms. The minimum absolute atomic E-state index is 0.434. The van der Waals surface area contributed by atoms with Crippen LogP contribution < -0.4 is 0 Å². The van der Waals surface area contributed by atoms with Gasteiger partial charge in [-0.3, -0.25) is 0 Å². The van der Waals surface area contributed by atoms with E-state index in [-0.39, 0.29) is 0 Å². The average Bonchev–Trinajstić information content (AvgIpc) is 2.46. The number of imidazole rings is 1. The monoisotopic (exact) mass is 167 g/mol. The van der Waals surface area contributed by atoms with Crippen molar-refractivity contribution in [1.82, 2.24) is 14.6 Å². The zero-order chi connectivity index (χ0) is 7.68. The Labute approximate surface area is 68.6 Å². The lowest BCUT2D eigenvalue weighted by atomic mass is 10.6. The molecule has 2 aromatic heterocycles. The van der Waals surface area contributed by atoms with Gasteiger partial charge in [-0.15, -0.1) is 11.6 Å². The maximum Gasteiger partial charge on any atom is 0.153 e. The predicted molar refractivity (Wildman–Crippen MR) is 42.5 cm³/mol. The van der Waals surface area contributed by atoms with Gasteiger partial charge >= 0.3 is 0 Å². The standard InChI is InChI=1S/C7H6ClN3/c8-4-6-5-11-7(10-6)2-1-3-9-11/h1-3,5H,4H2. The van der Waals surface area contributed by atoms with E-state index in [1.807, 2.05) is 18.3 Å². The summed E-state index contributed by atoms with van der Waals surface area (Å²) in [5.41, 5.74) is 1.69. The van der Waals surface area contributed by atoms with Gasteiger partial charge in [-0.25, -0.2) is 9.50 Å². The van der Waals surface area contributed by atoms with Gasteiger partial charge in [0.25, 0.3) is 0 Å². The van der Waals surface area contributed by atoms with Crippen LogP contribution in [0.4, 0.5) is 0 Å². The summed E-state index contributed by atoms with van der Waals surface area (Å²) in [5, 5.41) is 4.05. The van der Waals surface area contributed by atoms with Crippen LogP contribution in [0, 0.1) is 0 Å². The van der Waals surface area contributed by atoms with Crippen molar-refractivity contribution in [3.05, 3.63) is 30.2 Å². The Morgan fingerprint density at radius 1 is 1.55 bits per heavy atom. The van der Waals surface area contributed by atoms with E-state index in [0.29, 0.717) is 5.88 Å². The molecule has 0 aromatic carbocycles. The second-order valence-electron chi connectivity index (χ2n) is 2.19. The van der Waals surface area contributed by atoms with Crippen LogP contribution >= 0.6 is 11.6 Å². The molecule has 0 amide bonds. The molecule has 0 N–H and O–H groups in total. The van der Waals surface area contributed by atoms with E-state index in [1.54, 1.807) is 10.7 Å². The largest absolute Gasteiger partial charge is 0.231 e. The van der Waals surface area contributed by atoms with Gasteiger partial charge < -0.3 is 0 Å². The molecule has 0 unspecified atom stereocenters. The maximum absolute atomic E-state index is 5.59. The molecule has 0 saturated heterocycles. The van der Waals surface area contributed by atoms with Crippen molar-refractivity contribution < 1.29 is 0 Å². The molecule has 2 aromatic rings. The molecule has 0 atom stereocenters. The van der Waals surface area contributed by atoms with Gasteiger partial charge in [-0.2, -0.15) is 5.10 Å². The molecule has 11 heavy (non-hydrogen) atoms. The Bertz CT molecular complexity index is 335. The fourth-order valence-electron chi connectivity index (χ4n) is 0.944. The van der Waals surface area contributed by atoms with Gasteiger partial charge in [0.1, 0.15) is 0 Å². The van der Waals surface area contributed by atoms with E-state index in [4.69, 9.17) is 11.6 Å². The van der Waals surface area contributed by atoms with E-state index in [2.05, 4.69) is 10.1 Å². The van der Waals surface area contributed by atoms with Gasteiger partial charge in [-0.1, -0.05) is 0 Å². The zero-order valence-corrected chi connectivity index (χ0v) is 6.49. The van der Waals surface area contributed by atoms with Gasteiger partial charge in [0.2, 0.25) is 0 Å². The van der Waals surface area contributed by atoms with Crippen LogP contribution in [0.1, 0.15) is 5.69 Å². The molecular formula is C7H6ClN3. The summed E-state index contributed by atoms with van der Waals surface area (Å²) >= 11 is 5.59. The van der Waals surface area contributed by atoms with Crippen molar-refractivity contribution in [3.8, 4) is 0 Å². The van der Waals surface area contributed by atoms with Crippen molar-refractivity contribution in [2.45, 2.75) is 5.88 Å². The third-order valence-corrected chi connectivity index (χ3v) is 1.70. The SMILES string of the molecule is ClCc1cn2ncccc2n1. The van der Waals surface area contributed by atoms with E-state index in [9.17, 15) is 0 Å². The molecule has 2 rings (SSSR count). The Hall–Kier alpha value is -1.09. The molecule has 0 saturated carbocycles. The second-order valence-corrected chi connectivity index (χ2v) is 2.46. The number of aromatic nitrogens is 3. The maximum atomic E-state index is 5.59. The fraction of sp³-hybridized carbons (Fsp3) is 0.143. The minimum Gasteiger partial charge on any atom is -0.231 e. The molecule has 0 aliphatic heterocycles. The Morgan fingerprint density at radius 2 is 2.45 bits per heavy atom. The lowest BCUT2D eigenvalue weighted by Crippen LogP contribution is -1.85. The minimum atomic E-state index is 0.434. The van der Waals surface area contributed by atoms with Gasteiger partial charge in [-0.05, 0) is 12.1 Å². The van der Waals surface area contributed by atoms with Crippen LogP contribution in [-0.2, 0) is 5.88 Å². The first-order chi connectivity index (χ1) is 5.40. The molecule has 3 nitrogen and oxygen atoms in total. The zero-order valence-electron chi connectivity index (χ0n) is 5.74. The van der Waals surface area contributed by atoms with E-state index >= 15 is 0 Å². The first-order valence-electron chi connectivity index (χ1n) is 3.25. The highest BCUT2D eigenvalue weighted by atomic mass is 35.5. The van der Waals surface area contributed by atoms with Gasteiger partial charge in [0, 0.05) is 6.20 Å². The fourth-order valence-corrected chi connectivity index (χ4v) is 1.07. The lowest BCUT2D eigenvalue weighted by molar-refractivity contribution is 0.934. The molecule has 0 radical (unpaired) electrons. The van der Waals surface area contributed by atoms with E-state index in [1.165, 1.54) is 0 Å². The van der Waals surface area contributed by atoms with Gasteiger partial charge in [0.05, 0.1) is 17.8 Å². The summed E-state index contributed by atoms with van der Waals surface area (Å²) in [6.07, 6.45) is 3.54. The normalized spacial score (nSPS) is 10.6. The summed E-state index contributed by atoms with van der Waals surface area (Å²) in [6.45, 7) is 0. The topological polar surface area (TPSA) is 30.2 Å². The summed E-state index contributed by atoms with van der Waals surface area (Å²) in [6, 6.07) is 3.74. The van der Waals surface area contributed by atoms with Crippen LogP contribution in [0.2, 0.25) is 0 Å². The third kappa shape index (κ3) is 1.07. The molecule has 0 spiro atoms. The van der Waals surface area contributed by atoms with Crippen molar-refractivity contribution >= 4 is 17.2 Å². The van der Waals surface area contributed by atoms with Crippen molar-refractivity contribution in [3.63, 3.8) is 0 Å². The third-order valence-electron chi connectivity index (χ3n) is 1.42. The number of fused-ring (bicyclic) bond motifs is 1. The quantitative estimate of drug-likeness (QED) is 0.602. The lowest BCUT2D eigenvalue weighted by Gasteiger charge is -1.85. The molecule has 56 valence electrons. The Balaban J connectivity index is 2.69. The molecule has 0 fully saturated rings. The number of rotatable bonds is 1. The summed E-state index contributed by atoms with van der Waals surface area (Å²) < 4.78 is 1.71. The summed E-state index contributed by atoms with van der Waals surface area (Å²) in [4.78, 5) is 4.20. The molecule has 2 heterocycles. The predicted octanol–water partition coefficient (Wildman–Crippen LogP) is 1.47.